The lowest BCUT2D eigenvalue weighted by atomic mass is 10.2. The smallest absolute Gasteiger partial charge is 0.274 e. The van der Waals surface area contributed by atoms with Crippen LogP contribution >= 0.6 is 0 Å². The van der Waals surface area contributed by atoms with Crippen molar-refractivity contribution < 1.29 is 9.18 Å². The molecule has 1 N–H and O–H groups in total. The van der Waals surface area contributed by atoms with Crippen molar-refractivity contribution in [3.8, 4) is 0 Å². The van der Waals surface area contributed by atoms with E-state index < -0.39 is 11.9 Å². The number of hydrogen-bond acceptors (Lipinski definition) is 3. The van der Waals surface area contributed by atoms with Crippen LogP contribution in [0.4, 0.5) is 15.8 Å². The van der Waals surface area contributed by atoms with Crippen molar-refractivity contribution in [1.82, 2.24) is 4.98 Å². The molecule has 1 aliphatic rings. The minimum absolute atomic E-state index is 0.0752. The van der Waals surface area contributed by atoms with E-state index in [1.54, 1.807) is 0 Å². The van der Waals surface area contributed by atoms with Gasteiger partial charge in [0.25, 0.3) is 5.91 Å². The van der Waals surface area contributed by atoms with E-state index in [1.807, 2.05) is 24.3 Å². The first kappa shape index (κ1) is 13.5. The highest BCUT2D eigenvalue weighted by Gasteiger charge is 2.17. The number of carbonyl (C=O) groups excluding carboxylic acids is 1. The van der Waals surface area contributed by atoms with Crippen molar-refractivity contribution in [1.29, 1.82) is 0 Å². The minimum Gasteiger partial charge on any atom is -0.370 e. The van der Waals surface area contributed by atoms with Gasteiger partial charge in [-0.2, -0.15) is 4.39 Å². The van der Waals surface area contributed by atoms with Crippen LogP contribution in [0.3, 0.4) is 0 Å². The fourth-order valence-corrected chi connectivity index (χ4v) is 2.53. The van der Waals surface area contributed by atoms with Crippen molar-refractivity contribution in [3.63, 3.8) is 0 Å². The quantitative estimate of drug-likeness (QED) is 0.881. The van der Waals surface area contributed by atoms with Crippen LogP contribution in [0.15, 0.2) is 42.5 Å². The Morgan fingerprint density at radius 2 is 1.86 bits per heavy atom. The van der Waals surface area contributed by atoms with Gasteiger partial charge < -0.3 is 10.2 Å². The molecule has 0 aliphatic carbocycles. The van der Waals surface area contributed by atoms with E-state index in [0.29, 0.717) is 0 Å². The molecule has 2 aromatic rings. The summed E-state index contributed by atoms with van der Waals surface area (Å²) in [5.74, 6) is -1.06. The van der Waals surface area contributed by atoms with Crippen LogP contribution in [0.1, 0.15) is 23.3 Å². The monoisotopic (exact) mass is 285 g/mol. The number of carbonyl (C=O) groups is 1. The summed E-state index contributed by atoms with van der Waals surface area (Å²) >= 11 is 0. The Bertz CT molecular complexity index is 653. The average Bonchev–Trinajstić information content (AvgIpc) is 3.02. The summed E-state index contributed by atoms with van der Waals surface area (Å²) < 4.78 is 13.1. The van der Waals surface area contributed by atoms with E-state index >= 15 is 0 Å². The van der Waals surface area contributed by atoms with E-state index in [-0.39, 0.29) is 5.69 Å². The number of aromatic nitrogens is 1. The van der Waals surface area contributed by atoms with Crippen LogP contribution in [0.25, 0.3) is 0 Å². The summed E-state index contributed by atoms with van der Waals surface area (Å²) in [5, 5.41) is 2.82. The molecular formula is C16H16FN3O. The fraction of sp³-hybridized carbons (Fsp3) is 0.250. The normalized spacial score (nSPS) is 14.2. The van der Waals surface area contributed by atoms with Crippen molar-refractivity contribution in [2.24, 2.45) is 0 Å². The molecule has 1 saturated heterocycles. The van der Waals surface area contributed by atoms with Gasteiger partial charge in [0.1, 0.15) is 5.69 Å². The van der Waals surface area contributed by atoms with Gasteiger partial charge in [-0.25, -0.2) is 4.98 Å². The second-order valence-corrected chi connectivity index (χ2v) is 5.01. The molecule has 3 rings (SSSR count). The standard InChI is InChI=1S/C16H16FN3O/c17-15-9-5-7-13(18-15)16(21)19-12-6-1-2-8-14(12)20-10-3-4-11-20/h1-2,5-9H,3-4,10-11H2,(H,19,21). The first-order chi connectivity index (χ1) is 10.2. The topological polar surface area (TPSA) is 45.2 Å². The molecule has 1 amide bonds. The summed E-state index contributed by atoms with van der Waals surface area (Å²) in [6.45, 7) is 1.98. The first-order valence-corrected chi connectivity index (χ1v) is 7.02. The van der Waals surface area contributed by atoms with E-state index in [2.05, 4.69) is 15.2 Å². The molecule has 0 unspecified atom stereocenters. The molecule has 1 aromatic heterocycles. The van der Waals surface area contributed by atoms with Crippen LogP contribution in [0.2, 0.25) is 0 Å². The lowest BCUT2D eigenvalue weighted by Crippen LogP contribution is -2.21. The summed E-state index contributed by atoms with van der Waals surface area (Å²) in [6, 6.07) is 11.8. The van der Waals surface area contributed by atoms with Crippen molar-refractivity contribution in [2.45, 2.75) is 12.8 Å². The number of para-hydroxylation sites is 2. The summed E-state index contributed by atoms with van der Waals surface area (Å²) in [4.78, 5) is 18.0. The number of rotatable bonds is 3. The van der Waals surface area contributed by atoms with Crippen molar-refractivity contribution >= 4 is 17.3 Å². The average molecular weight is 285 g/mol. The largest absolute Gasteiger partial charge is 0.370 e. The second kappa shape index (κ2) is 5.91. The van der Waals surface area contributed by atoms with Gasteiger partial charge in [0.05, 0.1) is 11.4 Å². The summed E-state index contributed by atoms with van der Waals surface area (Å²) in [7, 11) is 0. The molecule has 0 bridgehead atoms. The molecule has 1 fully saturated rings. The molecule has 4 nitrogen and oxygen atoms in total. The molecule has 0 saturated carbocycles. The Kier molecular flexibility index (Phi) is 3.81. The third kappa shape index (κ3) is 3.02. The Morgan fingerprint density at radius 3 is 2.62 bits per heavy atom. The molecule has 1 aliphatic heterocycles. The Morgan fingerprint density at radius 1 is 1.10 bits per heavy atom. The molecule has 0 atom stereocenters. The van der Waals surface area contributed by atoms with Crippen molar-refractivity contribution in [3.05, 3.63) is 54.1 Å². The van der Waals surface area contributed by atoms with Gasteiger partial charge in [-0.3, -0.25) is 4.79 Å². The maximum Gasteiger partial charge on any atom is 0.274 e. The van der Waals surface area contributed by atoms with Gasteiger partial charge in [0, 0.05) is 13.1 Å². The van der Waals surface area contributed by atoms with Gasteiger partial charge in [-0.15, -0.1) is 0 Å². The lowest BCUT2D eigenvalue weighted by Gasteiger charge is -2.21. The van der Waals surface area contributed by atoms with Crippen LogP contribution < -0.4 is 10.2 Å². The number of nitrogens with zero attached hydrogens (tertiary/aromatic N) is 2. The SMILES string of the molecule is O=C(Nc1ccccc1N1CCCC1)c1cccc(F)n1. The summed E-state index contributed by atoms with van der Waals surface area (Å²) in [5.41, 5.74) is 1.81. The highest BCUT2D eigenvalue weighted by atomic mass is 19.1. The van der Waals surface area contributed by atoms with Gasteiger partial charge >= 0.3 is 0 Å². The number of nitrogens with one attached hydrogen (secondary N) is 1. The molecule has 21 heavy (non-hydrogen) atoms. The number of pyridine rings is 1. The first-order valence-electron chi connectivity index (χ1n) is 7.02. The van der Waals surface area contributed by atoms with Gasteiger partial charge in [0.15, 0.2) is 0 Å². The Balaban J connectivity index is 1.83. The Labute approximate surface area is 122 Å². The highest BCUT2D eigenvalue weighted by molar-refractivity contribution is 6.04. The van der Waals surface area contributed by atoms with Crippen LogP contribution in [-0.2, 0) is 0 Å². The second-order valence-electron chi connectivity index (χ2n) is 5.01. The van der Waals surface area contributed by atoms with Crippen molar-refractivity contribution in [2.75, 3.05) is 23.3 Å². The minimum atomic E-state index is -0.657. The maximum absolute atomic E-state index is 13.1. The molecule has 5 heteroatoms. The van der Waals surface area contributed by atoms with Gasteiger partial charge in [-0.1, -0.05) is 18.2 Å². The third-order valence-corrected chi connectivity index (χ3v) is 3.55. The van der Waals surface area contributed by atoms with Gasteiger partial charge in [0.2, 0.25) is 5.95 Å². The molecule has 0 radical (unpaired) electrons. The van der Waals surface area contributed by atoms with E-state index in [0.717, 1.165) is 37.3 Å². The Hall–Kier alpha value is -2.43. The lowest BCUT2D eigenvalue weighted by molar-refractivity contribution is 0.102. The zero-order chi connectivity index (χ0) is 14.7. The molecule has 108 valence electrons. The number of halogens is 1. The zero-order valence-corrected chi connectivity index (χ0v) is 11.6. The zero-order valence-electron chi connectivity index (χ0n) is 11.6. The van der Waals surface area contributed by atoms with Crippen LogP contribution in [0, 0.1) is 5.95 Å². The molecular weight excluding hydrogens is 269 g/mol. The van der Waals surface area contributed by atoms with E-state index in [9.17, 15) is 9.18 Å². The number of anilines is 2. The molecule has 1 aromatic carbocycles. The summed E-state index contributed by atoms with van der Waals surface area (Å²) in [6.07, 6.45) is 2.32. The predicted molar refractivity (Wildman–Crippen MR) is 80.0 cm³/mol. The van der Waals surface area contributed by atoms with Gasteiger partial charge in [-0.05, 0) is 37.1 Å². The maximum atomic E-state index is 13.1. The fourth-order valence-electron chi connectivity index (χ4n) is 2.53. The number of benzene rings is 1. The third-order valence-electron chi connectivity index (χ3n) is 3.55. The van der Waals surface area contributed by atoms with Crippen LogP contribution in [0.5, 0.6) is 0 Å². The number of amides is 1. The van der Waals surface area contributed by atoms with E-state index in [4.69, 9.17) is 0 Å². The van der Waals surface area contributed by atoms with E-state index in [1.165, 1.54) is 18.2 Å². The number of hydrogen-bond donors (Lipinski definition) is 1. The highest BCUT2D eigenvalue weighted by Crippen LogP contribution is 2.28. The predicted octanol–water partition coefficient (Wildman–Crippen LogP) is 3.07. The van der Waals surface area contributed by atoms with Crippen LogP contribution in [-0.4, -0.2) is 24.0 Å². The molecule has 2 heterocycles. The molecule has 0 spiro atoms.